The van der Waals surface area contributed by atoms with Crippen LogP contribution in [0.25, 0.3) is 16.8 Å². The summed E-state index contributed by atoms with van der Waals surface area (Å²) in [6.07, 6.45) is 3.19. The average Bonchev–Trinajstić information content (AvgIpc) is 3.33. The summed E-state index contributed by atoms with van der Waals surface area (Å²) in [5, 5.41) is 7.88. The van der Waals surface area contributed by atoms with Crippen molar-refractivity contribution in [1.82, 2.24) is 19.6 Å². The van der Waals surface area contributed by atoms with E-state index in [0.29, 0.717) is 29.8 Å². The maximum absolute atomic E-state index is 13.7. The van der Waals surface area contributed by atoms with Gasteiger partial charge in [-0.05, 0) is 66.1 Å². The molecule has 9 heteroatoms. The van der Waals surface area contributed by atoms with Gasteiger partial charge in [-0.3, -0.25) is 4.40 Å². The minimum Gasteiger partial charge on any atom is -0.439 e. The summed E-state index contributed by atoms with van der Waals surface area (Å²) in [7, 11) is 0. The maximum atomic E-state index is 13.7. The quantitative estimate of drug-likeness (QED) is 0.408. The third-order valence-corrected chi connectivity index (χ3v) is 5.95. The molecular weight excluding hydrogens is 445 g/mol. The third kappa shape index (κ3) is 3.82. The molecule has 1 aliphatic heterocycles. The van der Waals surface area contributed by atoms with Gasteiger partial charge in [-0.25, -0.2) is 14.4 Å². The van der Waals surface area contributed by atoms with E-state index in [0.717, 1.165) is 33.6 Å². The molecule has 5 aromatic rings. The van der Waals surface area contributed by atoms with Crippen molar-refractivity contribution in [2.45, 2.75) is 6.92 Å². The Balaban J connectivity index is 1.31. The summed E-state index contributed by atoms with van der Waals surface area (Å²) in [6.45, 7) is 2.37. The van der Waals surface area contributed by atoms with Gasteiger partial charge in [0, 0.05) is 17.3 Å². The molecule has 172 valence electrons. The van der Waals surface area contributed by atoms with Crippen molar-refractivity contribution in [3.63, 3.8) is 0 Å². The summed E-state index contributed by atoms with van der Waals surface area (Å²) in [4.78, 5) is 10.9. The molecule has 0 aliphatic carbocycles. The molecule has 35 heavy (non-hydrogen) atoms. The highest BCUT2D eigenvalue weighted by Crippen LogP contribution is 2.36. The highest BCUT2D eigenvalue weighted by Gasteiger charge is 2.21. The largest absolute Gasteiger partial charge is 0.439 e. The highest BCUT2D eigenvalue weighted by atomic mass is 19.1. The van der Waals surface area contributed by atoms with Crippen LogP contribution in [-0.2, 0) is 0 Å². The first-order valence-corrected chi connectivity index (χ1v) is 11.0. The number of rotatable bonds is 4. The number of aryl methyl sites for hydroxylation is 1. The summed E-state index contributed by atoms with van der Waals surface area (Å²) >= 11 is 0. The minimum absolute atomic E-state index is 0.280. The molecule has 0 saturated carbocycles. The normalized spacial score (nSPS) is 13.0. The summed E-state index contributed by atoms with van der Waals surface area (Å²) < 4.78 is 21.4. The van der Waals surface area contributed by atoms with Crippen LogP contribution in [0.2, 0.25) is 0 Å². The van der Waals surface area contributed by atoms with Gasteiger partial charge in [0.15, 0.2) is 5.65 Å². The van der Waals surface area contributed by atoms with Crippen molar-refractivity contribution < 1.29 is 9.13 Å². The van der Waals surface area contributed by atoms with Crippen molar-refractivity contribution in [3.8, 4) is 22.8 Å². The van der Waals surface area contributed by atoms with Crippen LogP contribution in [0, 0.1) is 12.7 Å². The Labute approximate surface area is 200 Å². The Hall–Kier alpha value is -4.79. The molecule has 0 fully saturated rings. The lowest BCUT2D eigenvalue weighted by Crippen LogP contribution is -2.29. The standard InChI is InChI=1S/C26H20FN7O/c1-16-9-20(6-8-23(16)35-25-12-24-32-31-15-33(24)13-29-25)34-14-30-26(28)21-11-18(5-7-22(21)34)17-3-2-4-19(27)10-17/h2-13,15H,14H2,1H3,(H2,28,30). The van der Waals surface area contributed by atoms with Gasteiger partial charge in [-0.1, -0.05) is 18.2 Å². The van der Waals surface area contributed by atoms with E-state index in [-0.39, 0.29) is 5.82 Å². The molecule has 6 rings (SSSR count). The number of benzene rings is 3. The van der Waals surface area contributed by atoms with Gasteiger partial charge in [-0.2, -0.15) is 0 Å². The number of halogens is 1. The number of hydrogen-bond donors (Lipinski definition) is 1. The minimum atomic E-state index is -0.280. The number of fused-ring (bicyclic) bond motifs is 2. The van der Waals surface area contributed by atoms with Crippen molar-refractivity contribution in [3.05, 3.63) is 96.3 Å². The first-order valence-electron chi connectivity index (χ1n) is 11.0. The number of amidine groups is 1. The highest BCUT2D eigenvalue weighted by molar-refractivity contribution is 6.05. The zero-order valence-corrected chi connectivity index (χ0v) is 18.8. The average molecular weight is 465 g/mol. The summed E-state index contributed by atoms with van der Waals surface area (Å²) in [6, 6.07) is 20.1. The second kappa shape index (κ2) is 8.21. The van der Waals surface area contributed by atoms with E-state index < -0.39 is 0 Å². The SMILES string of the molecule is Cc1cc(N2CN=C(N)c3cc(-c4cccc(F)c4)ccc32)ccc1Oc1cc2nncn2cn1. The van der Waals surface area contributed by atoms with Gasteiger partial charge in [-0.15, -0.1) is 10.2 Å². The third-order valence-electron chi connectivity index (χ3n) is 5.95. The molecule has 0 saturated heterocycles. The molecule has 0 bridgehead atoms. The predicted octanol–water partition coefficient (Wildman–Crippen LogP) is 4.85. The van der Waals surface area contributed by atoms with Crippen molar-refractivity contribution in [1.29, 1.82) is 0 Å². The van der Waals surface area contributed by atoms with Gasteiger partial charge in [0.05, 0.1) is 5.69 Å². The molecule has 2 N–H and O–H groups in total. The van der Waals surface area contributed by atoms with E-state index in [4.69, 9.17) is 10.5 Å². The number of aliphatic imine (C=N–C) groups is 1. The molecule has 8 nitrogen and oxygen atoms in total. The lowest BCUT2D eigenvalue weighted by molar-refractivity contribution is 0.458. The molecule has 3 aromatic carbocycles. The van der Waals surface area contributed by atoms with Gasteiger partial charge < -0.3 is 15.4 Å². The number of anilines is 2. The van der Waals surface area contributed by atoms with E-state index in [1.807, 2.05) is 49.4 Å². The Morgan fingerprint density at radius 3 is 2.71 bits per heavy atom. The maximum Gasteiger partial charge on any atom is 0.224 e. The Morgan fingerprint density at radius 1 is 0.971 bits per heavy atom. The molecular formula is C26H20FN7O. The van der Waals surface area contributed by atoms with Crippen molar-refractivity contribution >= 4 is 22.9 Å². The zero-order chi connectivity index (χ0) is 23.9. The molecule has 2 aromatic heterocycles. The number of aromatic nitrogens is 4. The van der Waals surface area contributed by atoms with E-state index in [1.54, 1.807) is 29.2 Å². The zero-order valence-electron chi connectivity index (χ0n) is 18.8. The first kappa shape index (κ1) is 20.8. The van der Waals surface area contributed by atoms with Crippen LogP contribution < -0.4 is 15.4 Å². The van der Waals surface area contributed by atoms with Crippen LogP contribution >= 0.6 is 0 Å². The molecule has 0 amide bonds. The fourth-order valence-corrected chi connectivity index (χ4v) is 4.15. The first-order chi connectivity index (χ1) is 17.0. The molecule has 3 heterocycles. The van der Waals surface area contributed by atoms with Gasteiger partial charge >= 0.3 is 0 Å². The smallest absolute Gasteiger partial charge is 0.224 e. The number of hydrogen-bond acceptors (Lipinski definition) is 7. The van der Waals surface area contributed by atoms with Crippen LogP contribution in [0.4, 0.5) is 15.8 Å². The predicted molar refractivity (Wildman–Crippen MR) is 132 cm³/mol. The molecule has 0 atom stereocenters. The Morgan fingerprint density at radius 2 is 1.86 bits per heavy atom. The summed E-state index contributed by atoms with van der Waals surface area (Å²) in [5.41, 5.74) is 12.2. The van der Waals surface area contributed by atoms with E-state index in [1.165, 1.54) is 12.1 Å². The van der Waals surface area contributed by atoms with Crippen LogP contribution in [0.5, 0.6) is 11.6 Å². The fraction of sp³-hybridized carbons (Fsp3) is 0.0769. The lowest BCUT2D eigenvalue weighted by atomic mass is 9.99. The van der Waals surface area contributed by atoms with E-state index >= 15 is 0 Å². The number of nitrogens with zero attached hydrogens (tertiary/aromatic N) is 6. The topological polar surface area (TPSA) is 93.9 Å². The van der Waals surface area contributed by atoms with Crippen molar-refractivity contribution in [2.24, 2.45) is 10.7 Å². The van der Waals surface area contributed by atoms with Crippen LogP contribution in [0.1, 0.15) is 11.1 Å². The van der Waals surface area contributed by atoms with Gasteiger partial charge in [0.25, 0.3) is 0 Å². The van der Waals surface area contributed by atoms with Crippen LogP contribution in [-0.4, -0.2) is 32.1 Å². The van der Waals surface area contributed by atoms with E-state index in [9.17, 15) is 4.39 Å². The Kier molecular flexibility index (Phi) is 4.88. The summed E-state index contributed by atoms with van der Waals surface area (Å²) in [5.74, 6) is 1.30. The molecule has 0 spiro atoms. The number of ether oxygens (including phenoxy) is 1. The number of nitrogens with two attached hydrogens (primary N) is 1. The van der Waals surface area contributed by atoms with Gasteiger partial charge in [0.1, 0.15) is 36.7 Å². The molecule has 0 radical (unpaired) electrons. The molecule has 1 aliphatic rings. The fourth-order valence-electron chi connectivity index (χ4n) is 4.15. The molecule has 0 unspecified atom stereocenters. The van der Waals surface area contributed by atoms with Crippen LogP contribution in [0.3, 0.4) is 0 Å². The van der Waals surface area contributed by atoms with E-state index in [2.05, 4.69) is 25.1 Å². The second-order valence-electron chi connectivity index (χ2n) is 8.23. The van der Waals surface area contributed by atoms with Crippen molar-refractivity contribution in [2.75, 3.05) is 11.6 Å². The van der Waals surface area contributed by atoms with Gasteiger partial charge in [0.2, 0.25) is 5.88 Å². The lowest BCUT2D eigenvalue weighted by Gasteiger charge is -2.30. The van der Waals surface area contributed by atoms with Crippen LogP contribution in [0.15, 0.2) is 84.4 Å². The second-order valence-corrected chi connectivity index (χ2v) is 8.23. The Bertz CT molecular complexity index is 1610. The monoisotopic (exact) mass is 465 g/mol.